The zero-order valence-corrected chi connectivity index (χ0v) is 23.5. The number of hydrogen-bond acceptors (Lipinski definition) is 9. The highest BCUT2D eigenvalue weighted by Gasteiger charge is 2.28. The number of aromatic nitrogens is 2. The predicted octanol–water partition coefficient (Wildman–Crippen LogP) is 3.04. The van der Waals surface area contributed by atoms with E-state index < -0.39 is 23.8 Å². The molecular weight excluding hydrogens is 508 g/mol. The van der Waals surface area contributed by atoms with Gasteiger partial charge in [0.2, 0.25) is 0 Å². The van der Waals surface area contributed by atoms with E-state index in [4.69, 9.17) is 4.74 Å². The van der Waals surface area contributed by atoms with E-state index >= 15 is 0 Å². The number of aryl methyl sites for hydroxylation is 1. The lowest BCUT2D eigenvalue weighted by Gasteiger charge is -2.24. The molecule has 2 amide bonds. The van der Waals surface area contributed by atoms with Crippen molar-refractivity contribution in [2.45, 2.75) is 64.7 Å². The highest BCUT2D eigenvalue weighted by molar-refractivity contribution is 7.95. The standard InChI is InChI=1S/C23H34N4O5S3/c1-14(28)19(27-22(31)32-23(2,3)4)17(29)8-9-18-25-16(13-33-18)21-26-15(12-34-21)20(30)24-10-7-11-35(5)6/h12-14,19,28H,7-11H2,1-6H3,(H-,24,27,30,31)/p+1/t14-,19+/m1/s1. The third kappa shape index (κ3) is 10.2. The molecule has 0 bridgehead atoms. The van der Waals surface area contributed by atoms with E-state index in [1.54, 1.807) is 26.2 Å². The molecule has 0 spiro atoms. The van der Waals surface area contributed by atoms with Gasteiger partial charge in [-0.05, 0) is 38.6 Å². The van der Waals surface area contributed by atoms with Crippen LogP contribution in [-0.4, -0.2) is 75.4 Å². The number of rotatable bonds is 12. The van der Waals surface area contributed by atoms with Crippen LogP contribution in [0.5, 0.6) is 0 Å². The summed E-state index contributed by atoms with van der Waals surface area (Å²) in [5, 5.41) is 20.3. The second-order valence-electron chi connectivity index (χ2n) is 9.29. The predicted molar refractivity (Wildman–Crippen MR) is 142 cm³/mol. The molecule has 0 aromatic carbocycles. The summed E-state index contributed by atoms with van der Waals surface area (Å²) in [6, 6.07) is -1.06. The molecule has 2 aromatic heterocycles. The van der Waals surface area contributed by atoms with Crippen molar-refractivity contribution in [1.82, 2.24) is 20.6 Å². The lowest BCUT2D eigenvalue weighted by molar-refractivity contribution is -0.123. The Morgan fingerprint density at radius 2 is 1.89 bits per heavy atom. The van der Waals surface area contributed by atoms with Gasteiger partial charge in [0.25, 0.3) is 5.91 Å². The summed E-state index contributed by atoms with van der Waals surface area (Å²) in [6.45, 7) is 7.23. The van der Waals surface area contributed by atoms with E-state index in [0.29, 0.717) is 40.3 Å². The van der Waals surface area contributed by atoms with Crippen LogP contribution in [-0.2, 0) is 26.8 Å². The Hall–Kier alpha value is -2.02. The summed E-state index contributed by atoms with van der Waals surface area (Å²) >= 11 is 2.74. The van der Waals surface area contributed by atoms with Crippen LogP contribution in [0.2, 0.25) is 0 Å². The molecule has 194 valence electrons. The van der Waals surface area contributed by atoms with Crippen molar-refractivity contribution in [2.75, 3.05) is 24.8 Å². The maximum Gasteiger partial charge on any atom is 0.408 e. The van der Waals surface area contributed by atoms with E-state index in [9.17, 15) is 19.5 Å². The fourth-order valence-corrected chi connectivity index (χ4v) is 5.30. The van der Waals surface area contributed by atoms with Crippen LogP contribution in [0.3, 0.4) is 0 Å². The van der Waals surface area contributed by atoms with Gasteiger partial charge < -0.3 is 20.5 Å². The molecule has 0 saturated heterocycles. The molecule has 0 fully saturated rings. The van der Waals surface area contributed by atoms with Gasteiger partial charge in [0, 0.05) is 36.6 Å². The maximum atomic E-state index is 12.7. The average molecular weight is 544 g/mol. The number of nitrogens with one attached hydrogen (secondary N) is 2. The van der Waals surface area contributed by atoms with Crippen LogP contribution in [0, 0.1) is 0 Å². The number of Topliss-reactive ketones (excluding diaryl/α,β-unsaturated/α-hetero) is 1. The van der Waals surface area contributed by atoms with Gasteiger partial charge in [-0.3, -0.25) is 9.59 Å². The third-order valence-corrected chi connectivity index (χ3v) is 7.49. The number of aliphatic hydroxyl groups excluding tert-OH is 1. The zero-order chi connectivity index (χ0) is 26.2. The molecule has 3 N–H and O–H groups in total. The zero-order valence-electron chi connectivity index (χ0n) is 21.0. The molecule has 2 rings (SSSR count). The van der Waals surface area contributed by atoms with Crippen molar-refractivity contribution in [1.29, 1.82) is 0 Å². The monoisotopic (exact) mass is 543 g/mol. The molecule has 35 heavy (non-hydrogen) atoms. The van der Waals surface area contributed by atoms with E-state index in [1.165, 1.54) is 29.6 Å². The summed E-state index contributed by atoms with van der Waals surface area (Å²) in [4.78, 5) is 45.9. The number of carbonyl (C=O) groups is 3. The van der Waals surface area contributed by atoms with Crippen LogP contribution in [0.4, 0.5) is 4.79 Å². The number of amides is 2. The highest BCUT2D eigenvalue weighted by Crippen LogP contribution is 2.26. The Balaban J connectivity index is 1.90. The van der Waals surface area contributed by atoms with Crippen molar-refractivity contribution in [3.05, 3.63) is 21.5 Å². The summed E-state index contributed by atoms with van der Waals surface area (Å²) in [5.74, 6) is 0.581. The first-order valence-electron chi connectivity index (χ1n) is 11.3. The Kier molecular flexibility index (Phi) is 11.1. The quantitative estimate of drug-likeness (QED) is 0.277. The lowest BCUT2D eigenvalue weighted by Crippen LogP contribution is -2.49. The molecule has 0 unspecified atom stereocenters. The van der Waals surface area contributed by atoms with Gasteiger partial charge in [-0.1, -0.05) is 0 Å². The fraction of sp³-hybridized carbons (Fsp3) is 0.609. The number of carbonyl (C=O) groups excluding carboxylic acids is 3. The minimum Gasteiger partial charge on any atom is -0.444 e. The molecule has 0 aliphatic carbocycles. The van der Waals surface area contributed by atoms with Crippen molar-refractivity contribution >= 4 is 51.4 Å². The largest absolute Gasteiger partial charge is 0.444 e. The number of aliphatic hydroxyl groups is 1. The number of hydrogen-bond donors (Lipinski definition) is 3. The molecule has 2 aromatic rings. The van der Waals surface area contributed by atoms with Crippen molar-refractivity contribution < 1.29 is 24.2 Å². The van der Waals surface area contributed by atoms with Crippen LogP contribution in [0.25, 0.3) is 10.7 Å². The molecule has 0 aliphatic heterocycles. The smallest absolute Gasteiger partial charge is 0.408 e. The van der Waals surface area contributed by atoms with Gasteiger partial charge in [-0.15, -0.1) is 22.7 Å². The summed E-state index contributed by atoms with van der Waals surface area (Å²) in [5.41, 5.74) is 0.314. The Bertz CT molecular complexity index is 997. The van der Waals surface area contributed by atoms with E-state index in [1.807, 2.05) is 5.38 Å². The van der Waals surface area contributed by atoms with Crippen LogP contribution >= 0.6 is 22.7 Å². The Labute approximate surface area is 217 Å². The van der Waals surface area contributed by atoms with Gasteiger partial charge in [-0.25, -0.2) is 14.8 Å². The number of ketones is 1. The third-order valence-electron chi connectivity index (χ3n) is 4.61. The van der Waals surface area contributed by atoms with E-state index in [2.05, 4.69) is 33.1 Å². The molecule has 2 heterocycles. The fourth-order valence-electron chi connectivity index (χ4n) is 2.96. The summed E-state index contributed by atoms with van der Waals surface area (Å²) in [7, 11) is 0.360. The number of thiazole rings is 2. The average Bonchev–Trinajstić information content (AvgIpc) is 3.41. The molecule has 0 aliphatic rings. The molecule has 12 heteroatoms. The van der Waals surface area contributed by atoms with Crippen LogP contribution in [0.1, 0.15) is 56.0 Å². The maximum absolute atomic E-state index is 12.7. The topological polar surface area (TPSA) is 131 Å². The number of nitrogens with zero attached hydrogens (tertiary/aromatic N) is 2. The molecular formula is C23H35N4O5S3+. The Morgan fingerprint density at radius 1 is 1.17 bits per heavy atom. The van der Waals surface area contributed by atoms with E-state index in [0.717, 1.165) is 17.2 Å². The molecule has 2 atom stereocenters. The summed E-state index contributed by atoms with van der Waals surface area (Å²) in [6.07, 6.45) is 3.94. The van der Waals surface area contributed by atoms with Gasteiger partial charge in [0.1, 0.15) is 33.8 Å². The van der Waals surface area contributed by atoms with Gasteiger partial charge in [-0.2, -0.15) is 0 Å². The van der Waals surface area contributed by atoms with Crippen molar-refractivity contribution in [2.24, 2.45) is 0 Å². The van der Waals surface area contributed by atoms with Crippen LogP contribution in [0.15, 0.2) is 10.8 Å². The minimum atomic E-state index is -1.06. The second-order valence-corrected chi connectivity index (χ2v) is 13.5. The lowest BCUT2D eigenvalue weighted by atomic mass is 10.0. The summed E-state index contributed by atoms with van der Waals surface area (Å²) < 4.78 is 5.18. The molecule has 0 saturated carbocycles. The highest BCUT2D eigenvalue weighted by atomic mass is 32.2. The van der Waals surface area contributed by atoms with Crippen molar-refractivity contribution in [3.63, 3.8) is 0 Å². The molecule has 0 radical (unpaired) electrons. The first kappa shape index (κ1) is 29.2. The van der Waals surface area contributed by atoms with Gasteiger partial charge in [0.15, 0.2) is 5.78 Å². The minimum absolute atomic E-state index is 0.0980. The van der Waals surface area contributed by atoms with E-state index in [-0.39, 0.29) is 18.1 Å². The normalized spacial score (nSPS) is 13.4. The second kappa shape index (κ2) is 13.3. The first-order valence-corrected chi connectivity index (χ1v) is 15.3. The number of ether oxygens (including phenoxy) is 1. The first-order chi connectivity index (χ1) is 16.4. The van der Waals surface area contributed by atoms with Gasteiger partial charge >= 0.3 is 6.09 Å². The Morgan fingerprint density at radius 3 is 2.51 bits per heavy atom. The van der Waals surface area contributed by atoms with Crippen molar-refractivity contribution in [3.8, 4) is 10.7 Å². The SMILES string of the molecule is C[C@@H](O)[C@H](NC(=O)OC(C)(C)C)C(=O)CCc1nc(-c2nc(C(=O)NCCC[S+](C)C)cs2)cs1. The van der Waals surface area contributed by atoms with Crippen LogP contribution < -0.4 is 10.6 Å². The number of alkyl carbamates (subject to hydrolysis) is 1. The van der Waals surface area contributed by atoms with Gasteiger partial charge in [0.05, 0.1) is 23.6 Å². The molecule has 9 nitrogen and oxygen atoms in total.